The van der Waals surface area contributed by atoms with Gasteiger partial charge in [0.15, 0.2) is 0 Å². The summed E-state index contributed by atoms with van der Waals surface area (Å²) < 4.78 is 0. The standard InChI is InChI=1S/C19H25N3O3S/c23-17-10-13(11-22(17)14-7-8-14)18(24)20-21-19(25)16-9-12-5-3-1-2-4-6-15(12)26-16/h9,13-14H,1-8,10-11H2,(H,20,24)(H,21,25). The van der Waals surface area contributed by atoms with Gasteiger partial charge in [-0.25, -0.2) is 0 Å². The lowest BCUT2D eigenvalue weighted by atomic mass is 10.00. The van der Waals surface area contributed by atoms with Crippen molar-refractivity contribution in [3.8, 4) is 0 Å². The lowest BCUT2D eigenvalue weighted by Crippen LogP contribution is -2.45. The first-order valence-electron chi connectivity index (χ1n) is 9.63. The Morgan fingerprint density at radius 2 is 1.85 bits per heavy atom. The molecule has 2 aliphatic carbocycles. The van der Waals surface area contributed by atoms with Crippen LogP contribution < -0.4 is 10.9 Å². The molecule has 2 fully saturated rings. The van der Waals surface area contributed by atoms with Gasteiger partial charge in [0.05, 0.1) is 10.8 Å². The monoisotopic (exact) mass is 375 g/mol. The average Bonchev–Trinajstić information content (AvgIpc) is 3.27. The Bertz CT molecular complexity index is 700. The largest absolute Gasteiger partial charge is 0.339 e. The van der Waals surface area contributed by atoms with Crippen molar-refractivity contribution in [3.05, 3.63) is 21.4 Å². The van der Waals surface area contributed by atoms with E-state index in [0.717, 1.165) is 25.7 Å². The van der Waals surface area contributed by atoms with Crippen LogP contribution in [0.2, 0.25) is 0 Å². The topological polar surface area (TPSA) is 78.5 Å². The van der Waals surface area contributed by atoms with Gasteiger partial charge in [0.1, 0.15) is 0 Å². The summed E-state index contributed by atoms with van der Waals surface area (Å²) in [4.78, 5) is 40.4. The van der Waals surface area contributed by atoms with Crippen molar-refractivity contribution in [2.24, 2.45) is 5.92 Å². The number of carbonyl (C=O) groups is 3. The SMILES string of the molecule is O=C(NNC(=O)C1CC(=O)N(C2CC2)C1)c1cc2c(s1)CCCCCC2. The molecular formula is C19H25N3O3S. The van der Waals surface area contributed by atoms with E-state index in [1.807, 2.05) is 11.0 Å². The maximum Gasteiger partial charge on any atom is 0.279 e. The van der Waals surface area contributed by atoms with Crippen molar-refractivity contribution in [1.29, 1.82) is 0 Å². The molecular weight excluding hydrogens is 350 g/mol. The number of fused-ring (bicyclic) bond motifs is 1. The highest BCUT2D eigenvalue weighted by molar-refractivity contribution is 7.14. The minimum atomic E-state index is -0.369. The van der Waals surface area contributed by atoms with Gasteiger partial charge >= 0.3 is 0 Å². The van der Waals surface area contributed by atoms with Gasteiger partial charge in [0.2, 0.25) is 11.8 Å². The van der Waals surface area contributed by atoms with Crippen molar-refractivity contribution in [2.75, 3.05) is 6.54 Å². The number of rotatable bonds is 3. The quantitative estimate of drug-likeness (QED) is 0.795. The molecule has 1 aromatic heterocycles. The molecule has 3 aliphatic rings. The molecule has 0 aromatic carbocycles. The molecule has 1 unspecified atom stereocenters. The average molecular weight is 375 g/mol. The summed E-state index contributed by atoms with van der Waals surface area (Å²) in [6.45, 7) is 0.471. The van der Waals surface area contributed by atoms with Crippen LogP contribution in [0.15, 0.2) is 6.07 Å². The van der Waals surface area contributed by atoms with Gasteiger partial charge < -0.3 is 4.90 Å². The third-order valence-corrected chi connectivity index (χ3v) is 6.77. The van der Waals surface area contributed by atoms with Gasteiger partial charge in [-0.15, -0.1) is 11.3 Å². The Balaban J connectivity index is 1.31. The van der Waals surface area contributed by atoms with Gasteiger partial charge in [0, 0.05) is 23.9 Å². The van der Waals surface area contributed by atoms with Crippen molar-refractivity contribution in [1.82, 2.24) is 15.8 Å². The predicted molar refractivity (Wildman–Crippen MR) is 98.6 cm³/mol. The minimum absolute atomic E-state index is 0.0528. The van der Waals surface area contributed by atoms with Gasteiger partial charge in [-0.05, 0) is 50.2 Å². The second-order valence-electron chi connectivity index (χ2n) is 7.59. The number of hydrazine groups is 1. The van der Waals surface area contributed by atoms with Crippen LogP contribution in [0.1, 0.15) is 65.1 Å². The van der Waals surface area contributed by atoms with E-state index in [2.05, 4.69) is 10.9 Å². The second kappa shape index (κ2) is 7.39. The highest BCUT2D eigenvalue weighted by Crippen LogP contribution is 2.32. The third-order valence-electron chi connectivity index (χ3n) is 5.54. The Kier molecular flexibility index (Phi) is 4.98. The smallest absolute Gasteiger partial charge is 0.279 e. The van der Waals surface area contributed by atoms with Gasteiger partial charge in [-0.1, -0.05) is 12.8 Å². The summed E-state index contributed by atoms with van der Waals surface area (Å²) >= 11 is 1.54. The van der Waals surface area contributed by atoms with Gasteiger partial charge in [-0.2, -0.15) is 0 Å². The molecule has 1 aromatic rings. The maximum absolute atomic E-state index is 12.4. The van der Waals surface area contributed by atoms with E-state index in [0.29, 0.717) is 17.5 Å². The van der Waals surface area contributed by atoms with E-state index in [-0.39, 0.29) is 30.1 Å². The van der Waals surface area contributed by atoms with Crippen LogP contribution in [0.5, 0.6) is 0 Å². The highest BCUT2D eigenvalue weighted by Gasteiger charge is 2.41. The first kappa shape index (κ1) is 17.5. The Morgan fingerprint density at radius 3 is 2.62 bits per heavy atom. The molecule has 0 radical (unpaired) electrons. The molecule has 6 nitrogen and oxygen atoms in total. The summed E-state index contributed by atoms with van der Waals surface area (Å²) in [7, 11) is 0. The normalized spacial score (nSPS) is 23.2. The molecule has 0 bridgehead atoms. The van der Waals surface area contributed by atoms with Crippen LogP contribution in [-0.2, 0) is 22.4 Å². The zero-order valence-electron chi connectivity index (χ0n) is 14.9. The van der Waals surface area contributed by atoms with E-state index in [4.69, 9.17) is 0 Å². The molecule has 1 aliphatic heterocycles. The number of hydrogen-bond acceptors (Lipinski definition) is 4. The minimum Gasteiger partial charge on any atom is -0.339 e. The Hall–Kier alpha value is -1.89. The van der Waals surface area contributed by atoms with Gasteiger partial charge in [-0.3, -0.25) is 25.2 Å². The zero-order chi connectivity index (χ0) is 18.1. The molecule has 1 saturated heterocycles. The van der Waals surface area contributed by atoms with Crippen molar-refractivity contribution in [3.63, 3.8) is 0 Å². The van der Waals surface area contributed by atoms with E-state index < -0.39 is 0 Å². The van der Waals surface area contributed by atoms with Crippen LogP contribution in [0, 0.1) is 5.92 Å². The van der Waals surface area contributed by atoms with Crippen LogP contribution in [0.3, 0.4) is 0 Å². The van der Waals surface area contributed by atoms with E-state index in [1.165, 1.54) is 47.5 Å². The number of likely N-dealkylation sites (tertiary alicyclic amines) is 1. The lowest BCUT2D eigenvalue weighted by Gasteiger charge is -2.15. The van der Waals surface area contributed by atoms with E-state index in [1.54, 1.807) is 0 Å². The molecule has 0 spiro atoms. The summed E-state index contributed by atoms with van der Waals surface area (Å²) in [5.74, 6) is -0.854. The number of nitrogens with one attached hydrogen (secondary N) is 2. The molecule has 2 heterocycles. The van der Waals surface area contributed by atoms with Crippen LogP contribution in [-0.4, -0.2) is 35.2 Å². The number of aryl methyl sites for hydroxylation is 2. The summed E-state index contributed by atoms with van der Waals surface area (Å²) in [6.07, 6.45) is 9.27. The number of nitrogens with zero attached hydrogens (tertiary/aromatic N) is 1. The molecule has 1 saturated carbocycles. The van der Waals surface area contributed by atoms with Crippen LogP contribution in [0.4, 0.5) is 0 Å². The fourth-order valence-corrected chi connectivity index (χ4v) is 5.03. The maximum atomic E-state index is 12.4. The van der Waals surface area contributed by atoms with Crippen LogP contribution >= 0.6 is 11.3 Å². The van der Waals surface area contributed by atoms with E-state index >= 15 is 0 Å². The van der Waals surface area contributed by atoms with E-state index in [9.17, 15) is 14.4 Å². The zero-order valence-corrected chi connectivity index (χ0v) is 15.7. The van der Waals surface area contributed by atoms with Crippen molar-refractivity contribution < 1.29 is 14.4 Å². The number of hydrogen-bond donors (Lipinski definition) is 2. The second-order valence-corrected chi connectivity index (χ2v) is 8.73. The molecule has 7 heteroatoms. The summed E-state index contributed by atoms with van der Waals surface area (Å²) in [6, 6.07) is 2.31. The third kappa shape index (κ3) is 3.77. The summed E-state index contributed by atoms with van der Waals surface area (Å²) in [5.41, 5.74) is 6.34. The lowest BCUT2D eigenvalue weighted by molar-refractivity contribution is -0.129. The Morgan fingerprint density at radius 1 is 1.08 bits per heavy atom. The van der Waals surface area contributed by atoms with Gasteiger partial charge in [0.25, 0.3) is 5.91 Å². The Labute approximate surface area is 157 Å². The number of carbonyl (C=O) groups excluding carboxylic acids is 3. The molecule has 1 atom stereocenters. The van der Waals surface area contributed by atoms with Crippen LogP contribution in [0.25, 0.3) is 0 Å². The molecule has 2 N–H and O–H groups in total. The first-order chi connectivity index (χ1) is 12.6. The highest BCUT2D eigenvalue weighted by atomic mass is 32.1. The summed E-state index contributed by atoms with van der Waals surface area (Å²) in [5, 5.41) is 0. The van der Waals surface area contributed by atoms with Crippen molar-refractivity contribution >= 4 is 29.1 Å². The van der Waals surface area contributed by atoms with Crippen molar-refractivity contribution in [2.45, 2.75) is 63.8 Å². The predicted octanol–water partition coefficient (Wildman–Crippen LogP) is 2.18. The molecule has 140 valence electrons. The fourth-order valence-electron chi connectivity index (χ4n) is 3.88. The first-order valence-corrected chi connectivity index (χ1v) is 10.4. The molecule has 4 rings (SSSR count). The molecule has 3 amide bonds. The molecule has 26 heavy (non-hydrogen) atoms. The number of amides is 3. The fraction of sp³-hybridized carbons (Fsp3) is 0.632. The number of thiophene rings is 1.